The Morgan fingerprint density at radius 2 is 1.78 bits per heavy atom. The molecule has 1 aliphatic carbocycles. The highest BCUT2D eigenvalue weighted by molar-refractivity contribution is 6.07. The van der Waals surface area contributed by atoms with Crippen molar-refractivity contribution in [2.24, 2.45) is 0 Å². The topological polar surface area (TPSA) is 87.7 Å². The number of benzene rings is 3. The average Bonchev–Trinajstić information content (AvgIpc) is 2.65. The molecule has 0 fully saturated rings. The lowest BCUT2D eigenvalue weighted by atomic mass is 9.90. The Balaban J connectivity index is 2.19. The number of aromatic carboxylic acids is 1. The minimum atomic E-state index is -1.07. The molecule has 2 aromatic rings. The van der Waals surface area contributed by atoms with Gasteiger partial charge in [-0.25, -0.2) is 4.79 Å². The summed E-state index contributed by atoms with van der Waals surface area (Å²) in [4.78, 5) is 23.7. The maximum Gasteiger partial charge on any atom is 0.336 e. The van der Waals surface area contributed by atoms with Crippen LogP contribution in [0.2, 0.25) is 0 Å². The van der Waals surface area contributed by atoms with Gasteiger partial charge in [-0.1, -0.05) is 24.8 Å². The normalized spacial score (nSPS) is 11.0. The van der Waals surface area contributed by atoms with E-state index in [1.54, 1.807) is 36.4 Å². The largest absolute Gasteiger partial charge is 0.508 e. The molecule has 0 aromatic heterocycles. The van der Waals surface area contributed by atoms with Crippen molar-refractivity contribution in [1.82, 2.24) is 0 Å². The van der Waals surface area contributed by atoms with Crippen LogP contribution in [0.15, 0.2) is 70.4 Å². The molecule has 2 aromatic carbocycles. The number of carboxylic acid groups (broad SMARTS) is 1. The van der Waals surface area contributed by atoms with Gasteiger partial charge in [-0.2, -0.15) is 0 Å². The number of hydrogen-bond donors (Lipinski definition) is 2. The van der Waals surface area contributed by atoms with Crippen molar-refractivity contribution in [3.63, 3.8) is 0 Å². The fourth-order valence-electron chi connectivity index (χ4n) is 3.23. The van der Waals surface area contributed by atoms with Gasteiger partial charge in [0.2, 0.25) is 0 Å². The molecule has 1 aliphatic heterocycles. The van der Waals surface area contributed by atoms with Crippen LogP contribution in [-0.2, 0) is 0 Å². The van der Waals surface area contributed by atoms with Crippen LogP contribution in [-0.4, -0.2) is 16.2 Å². The Morgan fingerprint density at radius 1 is 1.00 bits per heavy atom. The van der Waals surface area contributed by atoms with E-state index in [1.165, 1.54) is 24.3 Å². The smallest absolute Gasteiger partial charge is 0.336 e. The molecule has 0 spiro atoms. The molecular formula is C22H14O5. The van der Waals surface area contributed by atoms with Gasteiger partial charge in [0.25, 0.3) is 0 Å². The van der Waals surface area contributed by atoms with Gasteiger partial charge in [-0.3, -0.25) is 4.79 Å². The first-order chi connectivity index (χ1) is 13.0. The number of carboxylic acids is 1. The fraction of sp³-hybridized carbons (Fsp3) is 0. The van der Waals surface area contributed by atoms with E-state index in [9.17, 15) is 19.8 Å². The first kappa shape index (κ1) is 16.6. The second kappa shape index (κ2) is 6.14. The third kappa shape index (κ3) is 2.75. The van der Waals surface area contributed by atoms with Crippen LogP contribution in [0, 0.1) is 0 Å². The molecule has 132 valence electrons. The molecule has 27 heavy (non-hydrogen) atoms. The number of carbonyl (C=O) groups is 1. The maximum absolute atomic E-state index is 11.9. The molecular weight excluding hydrogens is 344 g/mol. The van der Waals surface area contributed by atoms with Crippen LogP contribution in [0.4, 0.5) is 0 Å². The molecule has 2 N–H and O–H groups in total. The van der Waals surface area contributed by atoms with Crippen LogP contribution in [0.5, 0.6) is 5.75 Å². The zero-order valence-corrected chi connectivity index (χ0v) is 14.1. The van der Waals surface area contributed by atoms with Gasteiger partial charge in [-0.15, -0.1) is 0 Å². The molecule has 0 bridgehead atoms. The summed E-state index contributed by atoms with van der Waals surface area (Å²) in [5.41, 5.74) is 2.65. The van der Waals surface area contributed by atoms with Gasteiger partial charge < -0.3 is 14.6 Å². The Morgan fingerprint density at radius 3 is 2.52 bits per heavy atom. The molecule has 0 amide bonds. The molecule has 0 radical (unpaired) electrons. The first-order valence-corrected chi connectivity index (χ1v) is 8.17. The summed E-state index contributed by atoms with van der Waals surface area (Å²) in [5.74, 6) is -0.745. The summed E-state index contributed by atoms with van der Waals surface area (Å²) in [7, 11) is 0. The number of phenols is 1. The third-order valence-corrected chi connectivity index (χ3v) is 4.46. The number of fused-ring (bicyclic) bond motifs is 2. The van der Waals surface area contributed by atoms with Crippen molar-refractivity contribution < 1.29 is 19.4 Å². The molecule has 1 heterocycles. The zero-order valence-electron chi connectivity index (χ0n) is 14.1. The highest BCUT2D eigenvalue weighted by Gasteiger charge is 2.21. The highest BCUT2D eigenvalue weighted by atomic mass is 16.4. The minimum absolute atomic E-state index is 0.00953. The second-order valence-corrected chi connectivity index (χ2v) is 6.13. The monoisotopic (exact) mass is 358 g/mol. The summed E-state index contributed by atoms with van der Waals surface area (Å²) in [6.07, 6.45) is 1.58. The lowest BCUT2D eigenvalue weighted by molar-refractivity contribution is 0.0697. The van der Waals surface area contributed by atoms with E-state index in [-0.39, 0.29) is 16.7 Å². The maximum atomic E-state index is 11.9. The van der Waals surface area contributed by atoms with Crippen LogP contribution >= 0.6 is 0 Å². The summed E-state index contributed by atoms with van der Waals surface area (Å²) >= 11 is 0. The van der Waals surface area contributed by atoms with E-state index in [0.29, 0.717) is 39.0 Å². The van der Waals surface area contributed by atoms with Crippen molar-refractivity contribution in [1.29, 1.82) is 0 Å². The quantitative estimate of drug-likeness (QED) is 0.522. The summed E-state index contributed by atoms with van der Waals surface area (Å²) in [6.45, 7) is 3.68. The Hall–Kier alpha value is -3.86. The third-order valence-electron chi connectivity index (χ3n) is 4.46. The van der Waals surface area contributed by atoms with E-state index in [1.807, 2.05) is 0 Å². The standard InChI is InChI=1S/C22H14O5/c1-2-12-3-6-15(18(9-12)22(25)26)21-16-7-4-13(23)10-19(16)27-20-11-14(24)5-8-17(20)21/h2-11,23H,1H2,(H,25,26). The number of phenolic OH excluding ortho intramolecular Hbond substituents is 1. The summed E-state index contributed by atoms with van der Waals surface area (Å²) in [6, 6.07) is 14.0. The number of hydrogen-bond acceptors (Lipinski definition) is 4. The van der Waals surface area contributed by atoms with Crippen LogP contribution in [0.3, 0.4) is 0 Å². The molecule has 0 unspecified atom stereocenters. The zero-order chi connectivity index (χ0) is 19.1. The highest BCUT2D eigenvalue weighted by Crippen LogP contribution is 2.42. The molecule has 5 heteroatoms. The van der Waals surface area contributed by atoms with Crippen molar-refractivity contribution in [3.8, 4) is 28.2 Å². The average molecular weight is 358 g/mol. The van der Waals surface area contributed by atoms with Gasteiger partial charge in [0.15, 0.2) is 5.43 Å². The molecule has 5 nitrogen and oxygen atoms in total. The van der Waals surface area contributed by atoms with Gasteiger partial charge >= 0.3 is 5.97 Å². The Labute approximate surface area is 153 Å². The Bertz CT molecular complexity index is 1250. The van der Waals surface area contributed by atoms with E-state index in [0.717, 1.165) is 0 Å². The second-order valence-electron chi connectivity index (χ2n) is 6.13. The SMILES string of the molecule is C=Cc1ccc(-c2c3ccc(=O)cc-3oc3cc(O)ccc23)c(C(=O)O)c1. The van der Waals surface area contributed by atoms with Gasteiger partial charge in [0, 0.05) is 28.6 Å². The fourth-order valence-corrected chi connectivity index (χ4v) is 3.23. The van der Waals surface area contributed by atoms with Crippen LogP contribution in [0.1, 0.15) is 15.9 Å². The van der Waals surface area contributed by atoms with E-state index >= 15 is 0 Å². The van der Waals surface area contributed by atoms with Crippen molar-refractivity contribution in [2.75, 3.05) is 0 Å². The van der Waals surface area contributed by atoms with Crippen molar-refractivity contribution >= 4 is 23.0 Å². The molecule has 0 saturated carbocycles. The van der Waals surface area contributed by atoms with Gasteiger partial charge in [0.05, 0.1) is 5.56 Å². The predicted octanol–water partition coefficient (Wildman–Crippen LogP) is 4.61. The van der Waals surface area contributed by atoms with E-state index < -0.39 is 5.97 Å². The van der Waals surface area contributed by atoms with Crippen LogP contribution in [0.25, 0.3) is 39.5 Å². The molecule has 0 atom stereocenters. The van der Waals surface area contributed by atoms with E-state index in [4.69, 9.17) is 4.42 Å². The lowest BCUT2D eigenvalue weighted by Gasteiger charge is -2.17. The molecule has 0 saturated heterocycles. The van der Waals surface area contributed by atoms with Gasteiger partial charge in [0.1, 0.15) is 17.1 Å². The number of aromatic hydroxyl groups is 1. The summed E-state index contributed by atoms with van der Waals surface area (Å²) < 4.78 is 5.79. The van der Waals surface area contributed by atoms with Gasteiger partial charge in [-0.05, 0) is 41.5 Å². The molecule has 2 aliphatic rings. The minimum Gasteiger partial charge on any atom is -0.508 e. The van der Waals surface area contributed by atoms with Crippen LogP contribution < -0.4 is 5.43 Å². The Kier molecular flexibility index (Phi) is 3.78. The predicted molar refractivity (Wildman–Crippen MR) is 103 cm³/mol. The van der Waals surface area contributed by atoms with Crippen molar-refractivity contribution in [3.05, 3.63) is 82.5 Å². The molecule has 4 rings (SSSR count). The first-order valence-electron chi connectivity index (χ1n) is 8.17. The number of rotatable bonds is 3. The lowest BCUT2D eigenvalue weighted by Crippen LogP contribution is -2.03. The summed E-state index contributed by atoms with van der Waals surface area (Å²) in [5, 5.41) is 20.2. The van der Waals surface area contributed by atoms with Crippen molar-refractivity contribution in [2.45, 2.75) is 0 Å². The van der Waals surface area contributed by atoms with E-state index in [2.05, 4.69) is 6.58 Å².